The number of halogens is 1. The summed E-state index contributed by atoms with van der Waals surface area (Å²) in [7, 11) is 1.72. The average Bonchev–Trinajstić information content (AvgIpc) is 2.77. The highest BCUT2D eigenvalue weighted by molar-refractivity contribution is 14.0. The van der Waals surface area contributed by atoms with Gasteiger partial charge in [0, 0.05) is 31.7 Å². The number of guanidine groups is 1. The molecule has 2 N–H and O–H groups in total. The molecular weight excluding hydrogens is 501 g/mol. The van der Waals surface area contributed by atoms with E-state index in [1.807, 2.05) is 6.07 Å². The van der Waals surface area contributed by atoms with E-state index in [-0.39, 0.29) is 30.0 Å². The summed E-state index contributed by atoms with van der Waals surface area (Å²) in [4.78, 5) is 10.0. The van der Waals surface area contributed by atoms with Crippen molar-refractivity contribution in [2.75, 3.05) is 46.4 Å². The van der Waals surface area contributed by atoms with E-state index in [0.29, 0.717) is 12.1 Å². The second-order valence-corrected chi connectivity index (χ2v) is 8.28. The molecule has 1 heterocycles. The minimum atomic E-state index is 0. The van der Waals surface area contributed by atoms with Gasteiger partial charge >= 0.3 is 0 Å². The number of likely N-dealkylation sites (tertiary alicyclic amines) is 1. The summed E-state index contributed by atoms with van der Waals surface area (Å²) in [6.45, 7) is 17.0. The molecule has 1 unspecified atom stereocenters. The molecule has 1 aliphatic rings. The smallest absolute Gasteiger partial charge is 0.191 e. The molecule has 0 aliphatic carbocycles. The van der Waals surface area contributed by atoms with Crippen molar-refractivity contribution >= 4 is 29.9 Å². The van der Waals surface area contributed by atoms with Crippen LogP contribution in [0.3, 0.4) is 0 Å². The number of methoxy groups -OCH3 is 1. The van der Waals surface area contributed by atoms with Gasteiger partial charge < -0.3 is 20.3 Å². The van der Waals surface area contributed by atoms with Gasteiger partial charge in [0.1, 0.15) is 5.75 Å². The zero-order chi connectivity index (χ0) is 21.9. The topological polar surface area (TPSA) is 52.1 Å². The molecule has 0 amide bonds. The fraction of sp³-hybridized carbons (Fsp3) is 0.708. The third-order valence-electron chi connectivity index (χ3n) is 6.10. The van der Waals surface area contributed by atoms with Gasteiger partial charge in [-0.2, -0.15) is 0 Å². The van der Waals surface area contributed by atoms with Gasteiger partial charge in [-0.3, -0.25) is 9.89 Å². The van der Waals surface area contributed by atoms with E-state index < -0.39 is 0 Å². The fourth-order valence-electron chi connectivity index (χ4n) is 4.20. The van der Waals surface area contributed by atoms with Gasteiger partial charge in [0.2, 0.25) is 0 Å². The Morgan fingerprint density at radius 3 is 2.42 bits per heavy atom. The Morgan fingerprint density at radius 1 is 1.19 bits per heavy atom. The number of nitrogens with zero attached hydrogens (tertiary/aromatic N) is 3. The van der Waals surface area contributed by atoms with Gasteiger partial charge in [0.25, 0.3) is 0 Å². The molecule has 1 aliphatic heterocycles. The first-order valence-electron chi connectivity index (χ1n) is 11.7. The standard InChI is InChI=1S/C24H43N5O.HI/c1-7-25-24(27-21-13-15-29(16-14-21)19(4)5)26-18-23(28(8-2)9-3)20-11-10-12-22(17-20)30-6;/h10-12,17,19,21,23H,7-9,13-16,18H2,1-6H3,(H2,25,26,27);1H. The molecule has 0 bridgehead atoms. The van der Waals surface area contributed by atoms with Crippen molar-refractivity contribution in [3.05, 3.63) is 29.8 Å². The molecule has 2 rings (SSSR count). The molecule has 0 radical (unpaired) electrons. The van der Waals surface area contributed by atoms with E-state index in [4.69, 9.17) is 9.73 Å². The summed E-state index contributed by atoms with van der Waals surface area (Å²) >= 11 is 0. The minimum absolute atomic E-state index is 0. The molecular formula is C24H44IN5O. The molecule has 0 aromatic heterocycles. The van der Waals surface area contributed by atoms with Crippen molar-refractivity contribution in [2.45, 2.75) is 65.6 Å². The van der Waals surface area contributed by atoms with Crippen molar-refractivity contribution < 1.29 is 4.74 Å². The summed E-state index contributed by atoms with van der Waals surface area (Å²) in [5, 5.41) is 7.14. The lowest BCUT2D eigenvalue weighted by Gasteiger charge is -2.35. The first-order valence-corrected chi connectivity index (χ1v) is 11.7. The fourth-order valence-corrected chi connectivity index (χ4v) is 4.20. The highest BCUT2D eigenvalue weighted by atomic mass is 127. The van der Waals surface area contributed by atoms with Crippen molar-refractivity contribution in [3.8, 4) is 5.75 Å². The van der Waals surface area contributed by atoms with E-state index in [0.717, 1.165) is 63.8 Å². The van der Waals surface area contributed by atoms with E-state index in [1.165, 1.54) is 5.56 Å². The largest absolute Gasteiger partial charge is 0.497 e. The number of hydrogen-bond acceptors (Lipinski definition) is 4. The van der Waals surface area contributed by atoms with Crippen molar-refractivity contribution in [3.63, 3.8) is 0 Å². The van der Waals surface area contributed by atoms with Crippen molar-refractivity contribution in [1.82, 2.24) is 20.4 Å². The molecule has 0 spiro atoms. The number of piperidine rings is 1. The quantitative estimate of drug-likeness (QED) is 0.263. The Morgan fingerprint density at radius 2 is 1.87 bits per heavy atom. The molecule has 1 aromatic carbocycles. The van der Waals surface area contributed by atoms with Gasteiger partial charge in [-0.25, -0.2) is 0 Å². The van der Waals surface area contributed by atoms with Crippen LogP contribution in [-0.2, 0) is 0 Å². The zero-order valence-electron chi connectivity index (χ0n) is 20.4. The maximum Gasteiger partial charge on any atom is 0.191 e. The molecule has 1 fully saturated rings. The molecule has 6 nitrogen and oxygen atoms in total. The van der Waals surface area contributed by atoms with Crippen LogP contribution in [0.4, 0.5) is 0 Å². The van der Waals surface area contributed by atoms with Crippen molar-refractivity contribution in [2.24, 2.45) is 4.99 Å². The minimum Gasteiger partial charge on any atom is -0.497 e. The second kappa shape index (κ2) is 14.9. The lowest BCUT2D eigenvalue weighted by atomic mass is 10.0. The van der Waals surface area contributed by atoms with Crippen LogP contribution in [-0.4, -0.2) is 74.2 Å². The number of aliphatic imine (C=N–C) groups is 1. The van der Waals surface area contributed by atoms with Crippen LogP contribution in [0, 0.1) is 0 Å². The Kier molecular flexibility index (Phi) is 13.4. The van der Waals surface area contributed by atoms with Gasteiger partial charge in [-0.1, -0.05) is 26.0 Å². The monoisotopic (exact) mass is 545 g/mol. The Hall–Kier alpha value is -1.06. The van der Waals surface area contributed by atoms with Crippen molar-refractivity contribution in [1.29, 1.82) is 0 Å². The molecule has 7 heteroatoms. The lowest BCUT2D eigenvalue weighted by Crippen LogP contribution is -2.50. The van der Waals surface area contributed by atoms with Gasteiger partial charge in [0.05, 0.1) is 19.7 Å². The first-order chi connectivity index (χ1) is 14.5. The van der Waals surface area contributed by atoms with Gasteiger partial charge in [-0.05, 0) is 64.4 Å². The Balaban J connectivity index is 0.00000480. The number of benzene rings is 1. The molecule has 0 saturated carbocycles. The number of rotatable bonds is 10. The third-order valence-corrected chi connectivity index (χ3v) is 6.10. The van der Waals surface area contributed by atoms with Crippen LogP contribution in [0.1, 0.15) is 59.1 Å². The van der Waals surface area contributed by atoms with E-state index >= 15 is 0 Å². The highest BCUT2D eigenvalue weighted by Crippen LogP contribution is 2.24. The summed E-state index contributed by atoms with van der Waals surface area (Å²) < 4.78 is 5.46. The van der Waals surface area contributed by atoms with Crippen LogP contribution in [0.15, 0.2) is 29.3 Å². The Labute approximate surface area is 207 Å². The van der Waals surface area contributed by atoms with E-state index in [9.17, 15) is 0 Å². The van der Waals surface area contributed by atoms with Gasteiger partial charge in [0.15, 0.2) is 5.96 Å². The number of nitrogens with one attached hydrogen (secondary N) is 2. The van der Waals surface area contributed by atoms with Crippen LogP contribution >= 0.6 is 24.0 Å². The summed E-state index contributed by atoms with van der Waals surface area (Å²) in [6.07, 6.45) is 2.33. The maximum atomic E-state index is 5.46. The van der Waals surface area contributed by atoms with E-state index in [1.54, 1.807) is 7.11 Å². The molecule has 1 atom stereocenters. The average molecular weight is 546 g/mol. The number of hydrogen-bond donors (Lipinski definition) is 2. The molecule has 178 valence electrons. The second-order valence-electron chi connectivity index (χ2n) is 8.28. The highest BCUT2D eigenvalue weighted by Gasteiger charge is 2.22. The zero-order valence-corrected chi connectivity index (χ0v) is 22.7. The van der Waals surface area contributed by atoms with Crippen LogP contribution in [0.5, 0.6) is 5.75 Å². The third kappa shape index (κ3) is 8.77. The van der Waals surface area contributed by atoms with Crippen LogP contribution in [0.2, 0.25) is 0 Å². The molecule has 31 heavy (non-hydrogen) atoms. The maximum absolute atomic E-state index is 5.46. The summed E-state index contributed by atoms with van der Waals surface area (Å²) in [5.41, 5.74) is 1.25. The predicted molar refractivity (Wildman–Crippen MR) is 143 cm³/mol. The Bertz CT molecular complexity index is 643. The summed E-state index contributed by atoms with van der Waals surface area (Å²) in [6, 6.07) is 9.74. The molecule has 1 saturated heterocycles. The normalized spacial score (nSPS) is 16.8. The van der Waals surface area contributed by atoms with E-state index in [2.05, 4.69) is 73.3 Å². The molecule has 1 aromatic rings. The van der Waals surface area contributed by atoms with Gasteiger partial charge in [-0.15, -0.1) is 24.0 Å². The first kappa shape index (κ1) is 28.0. The number of ether oxygens (including phenoxy) is 1. The van der Waals surface area contributed by atoms with Crippen LogP contribution in [0.25, 0.3) is 0 Å². The summed E-state index contributed by atoms with van der Waals surface area (Å²) in [5.74, 6) is 1.83. The number of likely N-dealkylation sites (N-methyl/N-ethyl adjacent to an activating group) is 1. The lowest BCUT2D eigenvalue weighted by molar-refractivity contribution is 0.167. The SMILES string of the molecule is CCNC(=NCC(c1cccc(OC)c1)N(CC)CC)NC1CCN(C(C)C)CC1.I. The predicted octanol–water partition coefficient (Wildman–Crippen LogP) is 4.12. The van der Waals surface area contributed by atoms with Crippen LogP contribution < -0.4 is 15.4 Å².